The Morgan fingerprint density at radius 1 is 1.44 bits per heavy atom. The van der Waals surface area contributed by atoms with Crippen molar-refractivity contribution in [1.29, 1.82) is 0 Å². The van der Waals surface area contributed by atoms with Crippen LogP contribution in [0.2, 0.25) is 0 Å². The number of aromatic nitrogens is 2. The molecule has 0 aliphatic heterocycles. The molecular weight excluding hydrogens is 256 g/mol. The molecule has 0 bridgehead atoms. The first-order valence-corrected chi connectivity index (χ1v) is 7.39. The van der Waals surface area contributed by atoms with Crippen LogP contribution in [0.5, 0.6) is 0 Å². The fourth-order valence-electron chi connectivity index (χ4n) is 1.26. The van der Waals surface area contributed by atoms with Gasteiger partial charge in [-0.1, -0.05) is 5.16 Å². The van der Waals surface area contributed by atoms with Crippen molar-refractivity contribution in [3.05, 3.63) is 11.7 Å². The summed E-state index contributed by atoms with van der Waals surface area (Å²) in [6, 6.07) is -0.409. The van der Waals surface area contributed by atoms with Crippen molar-refractivity contribution in [3.63, 3.8) is 0 Å². The van der Waals surface area contributed by atoms with Crippen LogP contribution in [0, 0.1) is 0 Å². The van der Waals surface area contributed by atoms with Gasteiger partial charge in [0.1, 0.15) is 4.75 Å². The predicted molar refractivity (Wildman–Crippen MR) is 67.7 cm³/mol. The van der Waals surface area contributed by atoms with Crippen LogP contribution in [0.4, 0.5) is 0 Å². The summed E-state index contributed by atoms with van der Waals surface area (Å²) in [6.45, 7) is 3.60. The largest absolute Gasteiger partial charge is 0.338 e. The maximum Gasteiger partial charge on any atom is 0.247 e. The Hall–Kier alpha value is -0.990. The highest BCUT2D eigenvalue weighted by Gasteiger charge is 2.38. The maximum absolute atomic E-state index is 11.6. The Morgan fingerprint density at radius 3 is 2.44 bits per heavy atom. The molecule has 18 heavy (non-hydrogen) atoms. The van der Waals surface area contributed by atoms with E-state index in [1.54, 1.807) is 0 Å². The second-order valence-corrected chi connectivity index (χ2v) is 7.67. The second-order valence-electron chi connectivity index (χ2n) is 5.11. The Morgan fingerprint density at radius 2 is 2.00 bits per heavy atom. The average Bonchev–Trinajstić information content (AvgIpc) is 2.63. The van der Waals surface area contributed by atoms with Crippen LogP contribution < -0.4 is 5.73 Å². The van der Waals surface area contributed by atoms with Gasteiger partial charge in [0.25, 0.3) is 0 Å². The topological polar surface area (TPSA) is 102 Å². The predicted octanol–water partition coefficient (Wildman–Crippen LogP) is -0.0893. The van der Waals surface area contributed by atoms with Crippen LogP contribution in [-0.2, 0) is 14.6 Å². The molecule has 8 heteroatoms. The first kappa shape index (κ1) is 15.1. The third-order valence-corrected chi connectivity index (χ3v) is 4.81. The molecule has 0 fully saturated rings. The molecule has 0 aliphatic rings. The van der Waals surface area contributed by atoms with Crippen LogP contribution in [0.1, 0.15) is 31.6 Å². The van der Waals surface area contributed by atoms with Crippen molar-refractivity contribution in [2.75, 3.05) is 26.9 Å². The van der Waals surface area contributed by atoms with E-state index in [-0.39, 0.29) is 5.89 Å². The molecule has 1 atom stereocenters. The van der Waals surface area contributed by atoms with Gasteiger partial charge in [-0.05, 0) is 27.9 Å². The maximum atomic E-state index is 11.6. The number of hydrogen-bond acceptors (Lipinski definition) is 7. The molecular formula is C10H20N4O3S. The molecule has 0 amide bonds. The SMILES string of the molecule is CN(C)CC(N)c1noc(C(C)(C)S(C)(=O)=O)n1. The van der Waals surface area contributed by atoms with Crippen molar-refractivity contribution in [2.45, 2.75) is 24.6 Å². The van der Waals surface area contributed by atoms with Crippen LogP contribution in [0.15, 0.2) is 4.52 Å². The number of hydrogen-bond donors (Lipinski definition) is 1. The van der Waals surface area contributed by atoms with E-state index in [0.29, 0.717) is 12.4 Å². The molecule has 0 spiro atoms. The lowest BCUT2D eigenvalue weighted by Gasteiger charge is -2.17. The van der Waals surface area contributed by atoms with Crippen LogP contribution in [0.25, 0.3) is 0 Å². The summed E-state index contributed by atoms with van der Waals surface area (Å²) in [5.41, 5.74) is 5.89. The minimum absolute atomic E-state index is 0.0641. The monoisotopic (exact) mass is 276 g/mol. The van der Waals surface area contributed by atoms with E-state index in [0.717, 1.165) is 6.26 Å². The van der Waals surface area contributed by atoms with Gasteiger partial charge in [0.2, 0.25) is 5.89 Å². The summed E-state index contributed by atoms with van der Waals surface area (Å²) in [7, 11) is 0.414. The minimum Gasteiger partial charge on any atom is -0.338 e. The molecule has 1 heterocycles. The van der Waals surface area contributed by atoms with Crippen LogP contribution >= 0.6 is 0 Å². The van der Waals surface area contributed by atoms with Crippen molar-refractivity contribution >= 4 is 9.84 Å². The highest BCUT2D eigenvalue weighted by molar-refractivity contribution is 7.91. The summed E-state index contributed by atoms with van der Waals surface area (Å²) >= 11 is 0. The van der Waals surface area contributed by atoms with Gasteiger partial charge in [0, 0.05) is 12.8 Å². The molecule has 0 saturated carbocycles. The van der Waals surface area contributed by atoms with Gasteiger partial charge in [0.15, 0.2) is 15.7 Å². The molecule has 7 nitrogen and oxygen atoms in total. The molecule has 0 saturated heterocycles. The smallest absolute Gasteiger partial charge is 0.247 e. The first-order chi connectivity index (χ1) is 8.05. The molecule has 104 valence electrons. The van der Waals surface area contributed by atoms with Gasteiger partial charge in [-0.15, -0.1) is 0 Å². The van der Waals surface area contributed by atoms with E-state index in [9.17, 15) is 8.42 Å². The van der Waals surface area contributed by atoms with Crippen molar-refractivity contribution in [3.8, 4) is 0 Å². The minimum atomic E-state index is -3.34. The first-order valence-electron chi connectivity index (χ1n) is 5.49. The number of nitrogens with zero attached hydrogens (tertiary/aromatic N) is 3. The Bertz CT molecular complexity index is 507. The highest BCUT2D eigenvalue weighted by Crippen LogP contribution is 2.27. The lowest BCUT2D eigenvalue weighted by Crippen LogP contribution is -2.29. The van der Waals surface area contributed by atoms with Gasteiger partial charge < -0.3 is 15.2 Å². The van der Waals surface area contributed by atoms with Gasteiger partial charge in [-0.3, -0.25) is 0 Å². The molecule has 1 rings (SSSR count). The van der Waals surface area contributed by atoms with Gasteiger partial charge in [-0.25, -0.2) is 8.42 Å². The van der Waals surface area contributed by atoms with E-state index >= 15 is 0 Å². The Balaban J connectivity index is 3.00. The normalized spacial score (nSPS) is 15.1. The van der Waals surface area contributed by atoms with Crippen molar-refractivity contribution in [1.82, 2.24) is 15.0 Å². The molecule has 2 N–H and O–H groups in total. The third kappa shape index (κ3) is 3.06. The van der Waals surface area contributed by atoms with E-state index < -0.39 is 20.6 Å². The zero-order valence-electron chi connectivity index (χ0n) is 11.3. The summed E-state index contributed by atoms with van der Waals surface area (Å²) in [5, 5.41) is 3.75. The highest BCUT2D eigenvalue weighted by atomic mass is 32.2. The lowest BCUT2D eigenvalue weighted by atomic mass is 10.2. The van der Waals surface area contributed by atoms with E-state index in [1.807, 2.05) is 19.0 Å². The molecule has 1 aromatic rings. The van der Waals surface area contributed by atoms with Crippen molar-refractivity contribution < 1.29 is 12.9 Å². The molecule has 1 aromatic heterocycles. The zero-order valence-corrected chi connectivity index (χ0v) is 12.2. The van der Waals surface area contributed by atoms with E-state index in [4.69, 9.17) is 10.3 Å². The van der Waals surface area contributed by atoms with Crippen LogP contribution in [0.3, 0.4) is 0 Å². The van der Waals surface area contributed by atoms with Gasteiger partial charge >= 0.3 is 0 Å². The average molecular weight is 276 g/mol. The fourth-order valence-corrected chi connectivity index (χ4v) is 1.66. The number of rotatable bonds is 5. The summed E-state index contributed by atoms with van der Waals surface area (Å²) in [6.07, 6.45) is 1.14. The van der Waals surface area contributed by atoms with Crippen molar-refractivity contribution in [2.24, 2.45) is 5.73 Å². The Kier molecular flexibility index (Phi) is 4.14. The zero-order chi connectivity index (χ0) is 14.1. The number of sulfone groups is 1. The number of likely N-dealkylation sites (N-methyl/N-ethyl adjacent to an activating group) is 1. The van der Waals surface area contributed by atoms with Crippen LogP contribution in [-0.4, -0.2) is 50.4 Å². The standard InChI is InChI=1S/C10H20N4O3S/c1-10(2,18(5,15)16)9-12-8(13-17-9)7(11)6-14(3)4/h7H,6,11H2,1-5H3. The lowest BCUT2D eigenvalue weighted by molar-refractivity contribution is 0.332. The Labute approximate surface area is 107 Å². The summed E-state index contributed by atoms with van der Waals surface area (Å²) < 4.78 is 27.1. The summed E-state index contributed by atoms with van der Waals surface area (Å²) in [4.78, 5) is 5.98. The quantitative estimate of drug-likeness (QED) is 0.801. The molecule has 1 unspecified atom stereocenters. The third-order valence-electron chi connectivity index (χ3n) is 2.78. The molecule has 0 aromatic carbocycles. The van der Waals surface area contributed by atoms with E-state index in [2.05, 4.69) is 10.1 Å². The molecule has 0 aliphatic carbocycles. The molecule has 0 radical (unpaired) electrons. The second kappa shape index (κ2) is 4.94. The number of nitrogens with two attached hydrogens (primary N) is 1. The van der Waals surface area contributed by atoms with Gasteiger partial charge in [-0.2, -0.15) is 4.98 Å². The van der Waals surface area contributed by atoms with E-state index in [1.165, 1.54) is 13.8 Å². The fraction of sp³-hybridized carbons (Fsp3) is 0.800. The summed E-state index contributed by atoms with van der Waals surface area (Å²) in [5.74, 6) is 0.379. The van der Waals surface area contributed by atoms with Gasteiger partial charge in [0.05, 0.1) is 6.04 Å².